The van der Waals surface area contributed by atoms with Gasteiger partial charge in [-0.25, -0.2) is 9.59 Å². The van der Waals surface area contributed by atoms with Gasteiger partial charge in [0.2, 0.25) is 0 Å². The minimum Gasteiger partial charge on any atom is -0.478 e. The van der Waals surface area contributed by atoms with Crippen LogP contribution in [0, 0.1) is 0 Å². The van der Waals surface area contributed by atoms with Crippen molar-refractivity contribution in [2.75, 3.05) is 0 Å². The maximum atomic E-state index is 11.5. The molecule has 2 N–H and O–H groups in total. The first-order valence-electron chi connectivity index (χ1n) is 5.93. The number of carbonyl (C=O) groups is 2. The lowest BCUT2D eigenvalue weighted by atomic mass is 9.94. The van der Waals surface area contributed by atoms with Crippen LogP contribution in [0.15, 0.2) is 60.7 Å². The molecule has 0 unspecified atom stereocenters. The van der Waals surface area contributed by atoms with Crippen molar-refractivity contribution in [2.45, 2.75) is 0 Å². The molecule has 0 aromatic heterocycles. The minimum absolute atomic E-state index is 0.218. The van der Waals surface area contributed by atoms with Gasteiger partial charge in [-0.3, -0.25) is 0 Å². The van der Waals surface area contributed by atoms with Gasteiger partial charge in [0.1, 0.15) is 0 Å². The highest BCUT2D eigenvalue weighted by molar-refractivity contribution is 6.36. The molecular formula is C16H12O4. The molecule has 2 aromatic rings. The Labute approximate surface area is 115 Å². The van der Waals surface area contributed by atoms with E-state index in [1.54, 1.807) is 60.7 Å². The third-order valence-electron chi connectivity index (χ3n) is 2.80. The highest BCUT2D eigenvalue weighted by Gasteiger charge is 2.23. The first kappa shape index (κ1) is 13.5. The monoisotopic (exact) mass is 268 g/mol. The second-order valence-corrected chi connectivity index (χ2v) is 4.09. The maximum Gasteiger partial charge on any atom is 0.337 e. The third kappa shape index (κ3) is 2.75. The zero-order chi connectivity index (χ0) is 14.5. The third-order valence-corrected chi connectivity index (χ3v) is 2.80. The molecule has 0 saturated carbocycles. The largest absolute Gasteiger partial charge is 0.478 e. The summed E-state index contributed by atoms with van der Waals surface area (Å²) in [5.74, 6) is -2.53. The summed E-state index contributed by atoms with van der Waals surface area (Å²) in [4.78, 5) is 23.0. The molecule has 0 radical (unpaired) electrons. The molecule has 0 amide bonds. The number of rotatable bonds is 4. The highest BCUT2D eigenvalue weighted by Crippen LogP contribution is 2.26. The zero-order valence-corrected chi connectivity index (χ0v) is 10.5. The van der Waals surface area contributed by atoms with E-state index in [1.165, 1.54) is 0 Å². The molecule has 0 saturated heterocycles. The second kappa shape index (κ2) is 5.84. The Morgan fingerprint density at radius 1 is 0.600 bits per heavy atom. The Hall–Kier alpha value is -2.88. The van der Waals surface area contributed by atoms with E-state index >= 15 is 0 Å². The summed E-state index contributed by atoms with van der Waals surface area (Å²) in [6.45, 7) is 0. The fraction of sp³-hybridized carbons (Fsp3) is 0. The molecule has 20 heavy (non-hydrogen) atoms. The Kier molecular flexibility index (Phi) is 3.96. The second-order valence-electron chi connectivity index (χ2n) is 4.09. The van der Waals surface area contributed by atoms with Crippen LogP contribution in [0.2, 0.25) is 0 Å². The Morgan fingerprint density at radius 2 is 0.900 bits per heavy atom. The molecular weight excluding hydrogens is 256 g/mol. The summed E-state index contributed by atoms with van der Waals surface area (Å²) >= 11 is 0. The van der Waals surface area contributed by atoms with Crippen molar-refractivity contribution in [3.05, 3.63) is 71.8 Å². The molecule has 0 spiro atoms. The van der Waals surface area contributed by atoms with Crippen molar-refractivity contribution in [1.29, 1.82) is 0 Å². The number of carboxylic acids is 2. The van der Waals surface area contributed by atoms with Crippen LogP contribution in [0.1, 0.15) is 11.1 Å². The van der Waals surface area contributed by atoms with Gasteiger partial charge in [-0.05, 0) is 11.1 Å². The van der Waals surface area contributed by atoms with Gasteiger partial charge in [0, 0.05) is 0 Å². The van der Waals surface area contributed by atoms with Gasteiger partial charge in [-0.1, -0.05) is 60.7 Å². The zero-order valence-electron chi connectivity index (χ0n) is 10.5. The Bertz CT molecular complexity index is 598. The summed E-state index contributed by atoms with van der Waals surface area (Å²) in [7, 11) is 0. The number of carboxylic acid groups (broad SMARTS) is 2. The van der Waals surface area contributed by atoms with Crippen molar-refractivity contribution in [1.82, 2.24) is 0 Å². The molecule has 0 aliphatic carbocycles. The topological polar surface area (TPSA) is 74.6 Å². The van der Waals surface area contributed by atoms with E-state index in [4.69, 9.17) is 0 Å². The first-order valence-corrected chi connectivity index (χ1v) is 5.93. The van der Waals surface area contributed by atoms with Crippen LogP contribution in [-0.2, 0) is 9.59 Å². The molecule has 0 heterocycles. The number of aliphatic carboxylic acids is 2. The van der Waals surface area contributed by atoms with Gasteiger partial charge >= 0.3 is 11.9 Å². The number of benzene rings is 2. The number of hydrogen-bond donors (Lipinski definition) is 2. The van der Waals surface area contributed by atoms with Crippen molar-refractivity contribution >= 4 is 23.1 Å². The quantitative estimate of drug-likeness (QED) is 0.660. The lowest BCUT2D eigenvalue weighted by Gasteiger charge is -2.09. The Balaban J connectivity index is 2.74. The van der Waals surface area contributed by atoms with Crippen LogP contribution in [0.3, 0.4) is 0 Å². The predicted molar refractivity (Wildman–Crippen MR) is 75.0 cm³/mol. The van der Waals surface area contributed by atoms with Crippen molar-refractivity contribution in [3.63, 3.8) is 0 Å². The van der Waals surface area contributed by atoms with Gasteiger partial charge in [-0.15, -0.1) is 0 Å². The van der Waals surface area contributed by atoms with E-state index in [0.717, 1.165) is 0 Å². The smallest absolute Gasteiger partial charge is 0.337 e. The van der Waals surface area contributed by atoms with Gasteiger partial charge in [-0.2, -0.15) is 0 Å². The molecule has 100 valence electrons. The van der Waals surface area contributed by atoms with Gasteiger partial charge in [0.15, 0.2) is 0 Å². The van der Waals surface area contributed by atoms with E-state index in [2.05, 4.69) is 0 Å². The van der Waals surface area contributed by atoms with Crippen LogP contribution in [0.4, 0.5) is 0 Å². The SMILES string of the molecule is O=C(O)/C(=C(/C(=O)O)c1ccccc1)c1ccccc1. The van der Waals surface area contributed by atoms with Gasteiger partial charge < -0.3 is 10.2 Å². The lowest BCUT2D eigenvalue weighted by Crippen LogP contribution is -2.10. The molecule has 0 bridgehead atoms. The molecule has 0 aliphatic heterocycles. The summed E-state index contributed by atoms with van der Waals surface area (Å²) in [5, 5.41) is 18.8. The molecule has 2 rings (SSSR count). The van der Waals surface area contributed by atoms with E-state index in [9.17, 15) is 19.8 Å². The van der Waals surface area contributed by atoms with Gasteiger partial charge in [0.05, 0.1) is 11.1 Å². The molecule has 4 heteroatoms. The van der Waals surface area contributed by atoms with Crippen LogP contribution in [0.25, 0.3) is 11.1 Å². The summed E-state index contributed by atoms with van der Waals surface area (Å²) in [5.41, 5.74) is 0.288. The average molecular weight is 268 g/mol. The fourth-order valence-corrected chi connectivity index (χ4v) is 1.96. The summed E-state index contributed by atoms with van der Waals surface area (Å²) in [6, 6.07) is 16.5. The van der Waals surface area contributed by atoms with Crippen LogP contribution >= 0.6 is 0 Å². The van der Waals surface area contributed by atoms with E-state index < -0.39 is 11.9 Å². The first-order chi connectivity index (χ1) is 9.61. The van der Waals surface area contributed by atoms with E-state index in [-0.39, 0.29) is 11.1 Å². The minimum atomic E-state index is -1.27. The fourth-order valence-electron chi connectivity index (χ4n) is 1.96. The van der Waals surface area contributed by atoms with Crippen molar-refractivity contribution < 1.29 is 19.8 Å². The molecule has 4 nitrogen and oxygen atoms in total. The molecule has 2 aromatic carbocycles. The van der Waals surface area contributed by atoms with Crippen molar-refractivity contribution in [3.8, 4) is 0 Å². The van der Waals surface area contributed by atoms with Crippen LogP contribution in [-0.4, -0.2) is 22.2 Å². The highest BCUT2D eigenvalue weighted by atomic mass is 16.4. The summed E-state index contributed by atoms with van der Waals surface area (Å²) in [6.07, 6.45) is 0. The molecule has 0 fully saturated rings. The number of hydrogen-bond acceptors (Lipinski definition) is 2. The maximum absolute atomic E-state index is 11.5. The van der Waals surface area contributed by atoms with Crippen molar-refractivity contribution in [2.24, 2.45) is 0 Å². The lowest BCUT2D eigenvalue weighted by molar-refractivity contribution is -0.132. The van der Waals surface area contributed by atoms with E-state index in [0.29, 0.717) is 11.1 Å². The summed E-state index contributed by atoms with van der Waals surface area (Å²) < 4.78 is 0. The average Bonchev–Trinajstić information content (AvgIpc) is 2.45. The van der Waals surface area contributed by atoms with Gasteiger partial charge in [0.25, 0.3) is 0 Å². The van der Waals surface area contributed by atoms with E-state index in [1.807, 2.05) is 0 Å². The normalized spacial score (nSPS) is 11.6. The Morgan fingerprint density at radius 3 is 1.15 bits per heavy atom. The van der Waals surface area contributed by atoms with Crippen LogP contribution in [0.5, 0.6) is 0 Å². The molecule has 0 aliphatic rings. The van der Waals surface area contributed by atoms with Crippen LogP contribution < -0.4 is 0 Å². The predicted octanol–water partition coefficient (Wildman–Crippen LogP) is 2.77. The standard InChI is InChI=1S/C16H12O4/c17-15(18)13(11-7-3-1-4-8-11)14(16(19)20)12-9-5-2-6-10-12/h1-10H,(H,17,18)(H,19,20)/b14-13+. The molecule has 0 atom stereocenters.